The van der Waals surface area contributed by atoms with Crippen LogP contribution in [0.4, 0.5) is 30.7 Å². The summed E-state index contributed by atoms with van der Waals surface area (Å²) < 4.78 is 104. The molecule has 0 saturated heterocycles. The molecule has 8 heteroatoms. The average Bonchev–Trinajstić information content (AvgIpc) is 2.81. The van der Waals surface area contributed by atoms with Gasteiger partial charge >= 0.3 is 6.11 Å². The number of halogens is 7. The van der Waals surface area contributed by atoms with Crippen molar-refractivity contribution in [1.29, 1.82) is 0 Å². The van der Waals surface area contributed by atoms with Crippen molar-refractivity contribution in [2.24, 2.45) is 35.5 Å². The third kappa shape index (κ3) is 7.99. The summed E-state index contributed by atoms with van der Waals surface area (Å²) in [6.45, 7) is 4.73. The van der Waals surface area contributed by atoms with Gasteiger partial charge in [0.15, 0.2) is 6.17 Å². The number of hydrogen-bond donors (Lipinski definition) is 0. The third-order valence-corrected chi connectivity index (χ3v) is 9.43. The maximum atomic E-state index is 15.2. The van der Waals surface area contributed by atoms with Crippen LogP contribution in [0, 0.1) is 35.5 Å². The molecule has 3 fully saturated rings. The van der Waals surface area contributed by atoms with Crippen molar-refractivity contribution in [2.75, 3.05) is 0 Å². The van der Waals surface area contributed by atoms with Crippen LogP contribution in [-0.4, -0.2) is 43.1 Å². The summed E-state index contributed by atoms with van der Waals surface area (Å²) in [6, 6.07) is 0. The van der Waals surface area contributed by atoms with Gasteiger partial charge in [-0.1, -0.05) is 26.7 Å². The van der Waals surface area contributed by atoms with Gasteiger partial charge in [0.2, 0.25) is 0 Å². The molecule has 0 spiro atoms. The highest BCUT2D eigenvalue weighted by molar-refractivity contribution is 4.90. The Morgan fingerprint density at radius 1 is 0.778 bits per heavy atom. The van der Waals surface area contributed by atoms with E-state index in [1.165, 1.54) is 32.6 Å². The van der Waals surface area contributed by atoms with Gasteiger partial charge in [-0.3, -0.25) is 0 Å². The van der Waals surface area contributed by atoms with Gasteiger partial charge < -0.3 is 4.74 Å². The molecule has 6 unspecified atom stereocenters. The lowest BCUT2D eigenvalue weighted by molar-refractivity contribution is -0.307. The molecule has 0 bridgehead atoms. The van der Waals surface area contributed by atoms with Gasteiger partial charge in [-0.2, -0.15) is 8.78 Å². The van der Waals surface area contributed by atoms with Gasteiger partial charge in [-0.05, 0) is 87.9 Å². The van der Waals surface area contributed by atoms with E-state index in [4.69, 9.17) is 0 Å². The second-order valence-corrected chi connectivity index (χ2v) is 12.3. The van der Waals surface area contributed by atoms with Crippen molar-refractivity contribution in [3.8, 4) is 0 Å². The molecule has 0 aliphatic heterocycles. The lowest BCUT2D eigenvalue weighted by atomic mass is 9.66. The molecule has 6 atom stereocenters. The van der Waals surface area contributed by atoms with Gasteiger partial charge in [0, 0.05) is 12.8 Å². The van der Waals surface area contributed by atoms with Crippen LogP contribution >= 0.6 is 0 Å². The van der Waals surface area contributed by atoms with Crippen LogP contribution in [-0.2, 0) is 4.74 Å². The standard InChI is InChI=1S/C28H45F7O/c1-16-4-6-19(7-5-16)20-8-10-21(11-9-20)22(12-17(2)29)13-24(30)18(3)28(34,35)36-23-14-25(31)27(33)26(32)15-23/h16-27H,4-15H2,1-3H3. The minimum absolute atomic E-state index is 0.0985. The monoisotopic (exact) mass is 530 g/mol. The van der Waals surface area contributed by atoms with Gasteiger partial charge in [0.1, 0.15) is 18.5 Å². The van der Waals surface area contributed by atoms with E-state index in [-0.39, 0.29) is 24.7 Å². The molecule has 0 heterocycles. The molecule has 3 aliphatic carbocycles. The molecule has 36 heavy (non-hydrogen) atoms. The van der Waals surface area contributed by atoms with Crippen LogP contribution in [0.1, 0.15) is 97.8 Å². The van der Waals surface area contributed by atoms with Crippen molar-refractivity contribution in [1.82, 2.24) is 0 Å². The van der Waals surface area contributed by atoms with Crippen molar-refractivity contribution in [3.63, 3.8) is 0 Å². The van der Waals surface area contributed by atoms with E-state index in [1.807, 2.05) is 0 Å². The summed E-state index contributed by atoms with van der Waals surface area (Å²) in [5.41, 5.74) is 0. The van der Waals surface area contributed by atoms with E-state index in [1.54, 1.807) is 0 Å². The largest absolute Gasteiger partial charge is 0.361 e. The van der Waals surface area contributed by atoms with E-state index in [2.05, 4.69) is 11.7 Å². The highest BCUT2D eigenvalue weighted by atomic mass is 19.3. The molecule has 0 aromatic heterocycles. The van der Waals surface area contributed by atoms with E-state index >= 15 is 4.39 Å². The Labute approximate surface area is 212 Å². The number of rotatable bonds is 10. The second kappa shape index (κ2) is 13.0. The summed E-state index contributed by atoms with van der Waals surface area (Å²) >= 11 is 0. The molecule has 0 aromatic rings. The lowest BCUT2D eigenvalue weighted by Gasteiger charge is -2.40. The predicted octanol–water partition coefficient (Wildman–Crippen LogP) is 9.13. The normalized spacial score (nSPS) is 39.8. The first-order chi connectivity index (χ1) is 16.9. The van der Waals surface area contributed by atoms with Crippen LogP contribution in [0.5, 0.6) is 0 Å². The summed E-state index contributed by atoms with van der Waals surface area (Å²) in [5, 5.41) is 0. The minimum Gasteiger partial charge on any atom is -0.317 e. The Kier molecular flexibility index (Phi) is 10.9. The minimum atomic E-state index is -3.96. The van der Waals surface area contributed by atoms with Crippen LogP contribution in [0.3, 0.4) is 0 Å². The molecule has 1 nitrogen and oxygen atoms in total. The summed E-state index contributed by atoms with van der Waals surface area (Å²) in [6.07, 6.45) is -8.05. The molecule has 0 N–H and O–H groups in total. The fourth-order valence-electron chi connectivity index (χ4n) is 6.96. The smallest absolute Gasteiger partial charge is 0.317 e. The van der Waals surface area contributed by atoms with Crippen LogP contribution in [0.2, 0.25) is 0 Å². The van der Waals surface area contributed by atoms with E-state index in [0.717, 1.165) is 44.4 Å². The van der Waals surface area contributed by atoms with Crippen molar-refractivity contribution in [2.45, 2.75) is 141 Å². The molecular formula is C28H45F7O. The first-order valence-corrected chi connectivity index (χ1v) is 14.1. The first kappa shape index (κ1) is 30.0. The first-order valence-electron chi connectivity index (χ1n) is 14.1. The van der Waals surface area contributed by atoms with Gasteiger partial charge in [0.05, 0.1) is 18.2 Å². The van der Waals surface area contributed by atoms with E-state index in [0.29, 0.717) is 5.92 Å². The average molecular weight is 531 g/mol. The maximum absolute atomic E-state index is 15.2. The molecule has 0 radical (unpaired) electrons. The zero-order valence-electron chi connectivity index (χ0n) is 22.0. The molecule has 3 saturated carbocycles. The molecule has 212 valence electrons. The van der Waals surface area contributed by atoms with Crippen LogP contribution in [0.15, 0.2) is 0 Å². The van der Waals surface area contributed by atoms with Crippen molar-refractivity contribution in [3.05, 3.63) is 0 Å². The Morgan fingerprint density at radius 2 is 1.28 bits per heavy atom. The molecule has 0 aromatic carbocycles. The fourth-order valence-corrected chi connectivity index (χ4v) is 6.96. The maximum Gasteiger partial charge on any atom is 0.361 e. The molecule has 3 aliphatic rings. The Hall–Kier alpha value is -0.530. The van der Waals surface area contributed by atoms with Gasteiger partial charge in [0.25, 0.3) is 0 Å². The zero-order valence-corrected chi connectivity index (χ0v) is 22.0. The molecule has 3 rings (SSSR count). The summed E-state index contributed by atoms with van der Waals surface area (Å²) in [5.74, 6) is 0.0436. The lowest BCUT2D eigenvalue weighted by Crippen LogP contribution is -2.46. The van der Waals surface area contributed by atoms with E-state index < -0.39 is 61.8 Å². The highest BCUT2D eigenvalue weighted by Gasteiger charge is 2.49. The molecular weight excluding hydrogens is 485 g/mol. The fraction of sp³-hybridized carbons (Fsp3) is 1.00. The SMILES string of the molecule is CC(F)CC(CC(F)C(C)C(F)(F)OC1CC(F)C(F)C(F)C1)C1CCC(C2CCC(C)CC2)CC1. The summed E-state index contributed by atoms with van der Waals surface area (Å²) in [4.78, 5) is 0. The second-order valence-electron chi connectivity index (χ2n) is 12.3. The van der Waals surface area contributed by atoms with Crippen LogP contribution in [0.25, 0.3) is 0 Å². The topological polar surface area (TPSA) is 9.23 Å². The van der Waals surface area contributed by atoms with E-state index in [9.17, 15) is 26.3 Å². The Morgan fingerprint density at radius 3 is 1.78 bits per heavy atom. The van der Waals surface area contributed by atoms with Crippen molar-refractivity contribution < 1.29 is 35.5 Å². The Bertz CT molecular complexity index is 634. The quantitative estimate of drug-likeness (QED) is 0.256. The zero-order chi connectivity index (χ0) is 26.6. The van der Waals surface area contributed by atoms with Crippen LogP contribution < -0.4 is 0 Å². The van der Waals surface area contributed by atoms with Crippen molar-refractivity contribution >= 4 is 0 Å². The third-order valence-electron chi connectivity index (χ3n) is 9.43. The number of alkyl halides is 7. The highest BCUT2D eigenvalue weighted by Crippen LogP contribution is 2.46. The number of hydrogen-bond acceptors (Lipinski definition) is 1. The predicted molar refractivity (Wildman–Crippen MR) is 128 cm³/mol. The van der Waals surface area contributed by atoms with Gasteiger partial charge in [-0.15, -0.1) is 0 Å². The van der Waals surface area contributed by atoms with Gasteiger partial charge in [-0.25, -0.2) is 22.0 Å². The summed E-state index contributed by atoms with van der Waals surface area (Å²) in [7, 11) is 0. The molecule has 0 amide bonds. The number of ether oxygens (including phenoxy) is 1. The Balaban J connectivity index is 1.54.